The second-order valence-corrected chi connectivity index (χ2v) is 6.54. The monoisotopic (exact) mass is 388 g/mol. The van der Waals surface area contributed by atoms with Crippen LogP contribution >= 0.6 is 0 Å². The molecule has 0 spiro atoms. The fourth-order valence-electron chi connectivity index (χ4n) is 2.56. The molecule has 0 aliphatic carbocycles. The number of carbonyl (C=O) groups is 5. The van der Waals surface area contributed by atoms with Crippen LogP contribution in [0.1, 0.15) is 45.4 Å². The summed E-state index contributed by atoms with van der Waals surface area (Å²) in [4.78, 5) is 64.1. The van der Waals surface area contributed by atoms with Gasteiger partial charge in [-0.25, -0.2) is 4.79 Å². The molecule has 2 N–H and O–H groups in total. The van der Waals surface area contributed by atoms with Gasteiger partial charge in [0.1, 0.15) is 0 Å². The van der Waals surface area contributed by atoms with Crippen molar-refractivity contribution in [2.24, 2.45) is 0 Å². The first-order valence-corrected chi connectivity index (χ1v) is 8.97. The van der Waals surface area contributed by atoms with E-state index >= 15 is 0 Å². The van der Waals surface area contributed by atoms with Gasteiger partial charge in [-0.3, -0.25) is 24.1 Å². The van der Waals surface area contributed by atoms with Crippen LogP contribution in [0.15, 0.2) is 0 Å². The highest BCUT2D eigenvalue weighted by atomic mass is 16.7. The number of nitrogens with one attached hydrogen (secondary N) is 2. The summed E-state index contributed by atoms with van der Waals surface area (Å²) in [6, 6.07) is -0.361. The van der Waals surface area contributed by atoms with Crippen molar-refractivity contribution in [2.75, 3.05) is 27.2 Å². The summed E-state index contributed by atoms with van der Waals surface area (Å²) in [6.45, 7) is 2.07. The summed E-state index contributed by atoms with van der Waals surface area (Å²) < 4.78 is 0. The maximum atomic E-state index is 12.3. The van der Waals surface area contributed by atoms with Crippen molar-refractivity contribution in [2.45, 2.75) is 51.5 Å². The Morgan fingerprint density at radius 2 is 1.70 bits per heavy atom. The lowest BCUT2D eigenvalue weighted by Gasteiger charge is -2.23. The zero-order chi connectivity index (χ0) is 20.4. The van der Waals surface area contributed by atoms with Crippen LogP contribution in [0.4, 0.5) is 0 Å². The van der Waals surface area contributed by atoms with Gasteiger partial charge < -0.3 is 15.5 Å². The number of rotatable bonds is 11. The van der Waals surface area contributed by atoms with Crippen molar-refractivity contribution < 1.29 is 28.8 Å². The zero-order valence-corrected chi connectivity index (χ0v) is 16.1. The van der Waals surface area contributed by atoms with Gasteiger partial charge in [-0.1, -0.05) is 0 Å². The molecule has 0 saturated carbocycles. The van der Waals surface area contributed by atoms with E-state index in [0.29, 0.717) is 18.0 Å². The Kier molecular flexibility index (Phi) is 9.41. The lowest BCUT2D eigenvalue weighted by atomic mass is 10.1. The number of hydrogen-bond acceptors (Lipinski definition) is 7. The van der Waals surface area contributed by atoms with Gasteiger partial charge in [0.05, 0.1) is 12.5 Å². The molecule has 27 heavy (non-hydrogen) atoms. The third-order valence-electron chi connectivity index (χ3n) is 4.03. The minimum absolute atomic E-state index is 0.0370. The van der Waals surface area contributed by atoms with E-state index in [-0.39, 0.29) is 43.7 Å². The number of unbranched alkanes of at least 4 members (excludes halogenated alkanes) is 1. The van der Waals surface area contributed by atoms with E-state index in [0.717, 1.165) is 12.8 Å². The number of nitrogens with zero attached hydrogens (tertiary/aromatic N) is 2. The Labute approximate surface area is 158 Å². The van der Waals surface area contributed by atoms with Crippen molar-refractivity contribution in [1.82, 2.24) is 20.6 Å². The topological polar surface area (TPSA) is 125 Å². The molecule has 1 fully saturated rings. The molecule has 152 valence electrons. The Morgan fingerprint density at radius 3 is 2.26 bits per heavy atom. The van der Waals surface area contributed by atoms with E-state index in [2.05, 4.69) is 10.6 Å². The number of imide groups is 1. The van der Waals surface area contributed by atoms with Crippen molar-refractivity contribution in [1.29, 1.82) is 0 Å². The normalized spacial score (nSPS) is 15.0. The van der Waals surface area contributed by atoms with E-state index in [1.807, 2.05) is 0 Å². The van der Waals surface area contributed by atoms with Crippen molar-refractivity contribution in [3.63, 3.8) is 0 Å². The number of amides is 4. The maximum absolute atomic E-state index is 12.3. The van der Waals surface area contributed by atoms with Crippen LogP contribution in [-0.2, 0) is 28.8 Å². The van der Waals surface area contributed by atoms with E-state index in [1.54, 1.807) is 19.0 Å². The molecule has 0 bridgehead atoms. The van der Waals surface area contributed by atoms with Crippen LogP contribution in [0, 0.1) is 0 Å². The molecule has 10 nitrogen and oxygen atoms in total. The standard InChI is InChI=1S/C17H28N4O6/c1-12(22)18-10-5-4-6-13(20(2)3)17(26)19-11-9-16(25)27-21-14(23)7-8-15(21)24/h13H,4-11H2,1-3H3,(H,18,22)(H,19,26)/i1+1,10+1,12+1,18+1. The molecule has 0 radical (unpaired) electrons. The third-order valence-corrected chi connectivity index (χ3v) is 4.03. The van der Waals surface area contributed by atoms with Crippen LogP contribution in [-0.4, -0.2) is 72.8 Å². The van der Waals surface area contributed by atoms with E-state index < -0.39 is 17.8 Å². The molecule has 1 aliphatic rings. The van der Waals surface area contributed by atoms with Crippen LogP contribution in [0.25, 0.3) is 0 Å². The molecule has 1 heterocycles. The number of carbonyl (C=O) groups excluding carboxylic acids is 5. The van der Waals surface area contributed by atoms with Gasteiger partial charge in [0.15, 0.2) is 0 Å². The Bertz CT molecular complexity index is 562. The van der Waals surface area contributed by atoms with Gasteiger partial charge in [0.25, 0.3) is 11.8 Å². The summed E-state index contributed by atoms with van der Waals surface area (Å²) in [6.07, 6.45) is 2.06. The van der Waals surface area contributed by atoms with Crippen LogP contribution < -0.4 is 10.6 Å². The smallest absolute Gasteiger partial charge is 0.334 e. The van der Waals surface area contributed by atoms with Crippen LogP contribution in [0.5, 0.6) is 0 Å². The predicted molar refractivity (Wildman–Crippen MR) is 94.8 cm³/mol. The Hall–Kier alpha value is -2.49. The lowest BCUT2D eigenvalue weighted by Crippen LogP contribution is -2.44. The summed E-state index contributed by atoms with van der Waals surface area (Å²) in [5.74, 6) is -2.13. The molecule has 1 rings (SSSR count). The first kappa shape index (κ1) is 22.6. The van der Waals surface area contributed by atoms with Gasteiger partial charge >= 0.3 is 5.97 Å². The molecule has 0 aromatic heterocycles. The van der Waals surface area contributed by atoms with Crippen LogP contribution in [0.3, 0.4) is 0 Å². The summed E-state index contributed by atoms with van der Waals surface area (Å²) in [5.41, 5.74) is 0. The Morgan fingerprint density at radius 1 is 1.07 bits per heavy atom. The molecular weight excluding hydrogens is 360 g/mol. The lowest BCUT2D eigenvalue weighted by molar-refractivity contribution is -0.197. The minimum atomic E-state index is -0.754. The SMILES string of the molecule is CN(C)C(CCC[13CH2][15NH][13C]([13CH3])=O)C(=O)NCCC(=O)ON1C(=O)CCC1=O. The van der Waals surface area contributed by atoms with Gasteiger partial charge in [-0.05, 0) is 33.4 Å². The number of hydrogen-bond donors (Lipinski definition) is 2. The summed E-state index contributed by atoms with van der Waals surface area (Å²) in [7, 11) is 3.58. The van der Waals surface area contributed by atoms with E-state index in [4.69, 9.17) is 4.84 Å². The highest BCUT2D eigenvalue weighted by Gasteiger charge is 2.32. The summed E-state index contributed by atoms with van der Waals surface area (Å²) in [5, 5.41) is 5.85. The largest absolute Gasteiger partial charge is 0.356 e. The highest BCUT2D eigenvalue weighted by molar-refractivity contribution is 6.01. The number of likely N-dealkylation sites (N-methyl/N-ethyl adjacent to an activating group) is 1. The Balaban J connectivity index is 2.30. The van der Waals surface area contributed by atoms with E-state index in [1.165, 1.54) is 6.92 Å². The van der Waals surface area contributed by atoms with Gasteiger partial charge in [-0.15, -0.1) is 5.06 Å². The molecule has 0 aromatic carbocycles. The zero-order valence-electron chi connectivity index (χ0n) is 16.1. The molecule has 1 saturated heterocycles. The van der Waals surface area contributed by atoms with Gasteiger partial charge in [0, 0.05) is 32.9 Å². The second-order valence-electron chi connectivity index (χ2n) is 6.54. The molecule has 0 aromatic rings. The maximum Gasteiger partial charge on any atom is 0.334 e. The van der Waals surface area contributed by atoms with Crippen LogP contribution in [0.2, 0.25) is 0 Å². The minimum Gasteiger partial charge on any atom is -0.356 e. The van der Waals surface area contributed by atoms with Gasteiger partial charge in [0.2, 0.25) is 11.8 Å². The molecule has 1 aliphatic heterocycles. The predicted octanol–water partition coefficient (Wildman–Crippen LogP) is -0.663. The van der Waals surface area contributed by atoms with Gasteiger partial charge in [-0.2, -0.15) is 0 Å². The molecule has 4 amide bonds. The molecule has 1 atom stereocenters. The quantitative estimate of drug-likeness (QED) is 0.208. The van der Waals surface area contributed by atoms with Crippen molar-refractivity contribution >= 4 is 29.6 Å². The third kappa shape index (κ3) is 8.16. The van der Waals surface area contributed by atoms with Crippen molar-refractivity contribution in [3.8, 4) is 0 Å². The molecule has 1 unspecified atom stereocenters. The fraction of sp³-hybridized carbons (Fsp3) is 0.706. The molecular formula is C17H28N4O6. The average Bonchev–Trinajstić information content (AvgIpc) is 2.89. The molecule has 10 heteroatoms. The second kappa shape index (κ2) is 11.3. The first-order chi connectivity index (χ1) is 12.7. The van der Waals surface area contributed by atoms with E-state index in [9.17, 15) is 24.0 Å². The average molecular weight is 388 g/mol. The number of hydroxylamine groups is 2. The highest BCUT2D eigenvalue weighted by Crippen LogP contribution is 2.12. The van der Waals surface area contributed by atoms with Crippen molar-refractivity contribution in [3.05, 3.63) is 0 Å². The summed E-state index contributed by atoms with van der Waals surface area (Å²) >= 11 is 0. The first-order valence-electron chi connectivity index (χ1n) is 8.97. The fourth-order valence-corrected chi connectivity index (χ4v) is 2.56.